The van der Waals surface area contributed by atoms with Crippen molar-refractivity contribution in [2.75, 3.05) is 17.6 Å². The highest BCUT2D eigenvalue weighted by atomic mass is 16.8. The summed E-state index contributed by atoms with van der Waals surface area (Å²) in [5, 5.41) is 19.9. The Morgan fingerprint density at radius 2 is 2.15 bits per heavy atom. The highest BCUT2D eigenvalue weighted by molar-refractivity contribution is 5.69. The van der Waals surface area contributed by atoms with Gasteiger partial charge in [0.05, 0.1) is 11.4 Å². The molecule has 5 nitrogen and oxygen atoms in total. The van der Waals surface area contributed by atoms with E-state index in [0.717, 1.165) is 12.2 Å². The van der Waals surface area contributed by atoms with Crippen LogP contribution in [0.15, 0.2) is 18.2 Å². The highest BCUT2D eigenvalue weighted by Gasteiger charge is 2.07. The van der Waals surface area contributed by atoms with Crippen molar-refractivity contribution in [3.05, 3.63) is 18.2 Å². The van der Waals surface area contributed by atoms with Crippen LogP contribution in [0.3, 0.4) is 0 Å². The van der Waals surface area contributed by atoms with Gasteiger partial charge < -0.3 is 11.1 Å². The summed E-state index contributed by atoms with van der Waals surface area (Å²) in [4.78, 5) is 0. The summed E-state index contributed by atoms with van der Waals surface area (Å²) in [6.45, 7) is 2.74. The van der Waals surface area contributed by atoms with Gasteiger partial charge in [0.2, 0.25) is 0 Å². The van der Waals surface area contributed by atoms with Crippen molar-refractivity contribution < 1.29 is 15.6 Å². The van der Waals surface area contributed by atoms with Crippen LogP contribution in [0.25, 0.3) is 0 Å². The zero-order chi connectivity index (χ0) is 9.84. The summed E-state index contributed by atoms with van der Waals surface area (Å²) >= 11 is 0. The molecule has 1 aromatic carbocycles. The molecule has 0 saturated carbocycles. The van der Waals surface area contributed by atoms with Gasteiger partial charge in [-0.05, 0) is 18.2 Å². The first-order valence-electron chi connectivity index (χ1n) is 4.03. The minimum absolute atomic E-state index is 0.319. The molecule has 5 heteroatoms. The van der Waals surface area contributed by atoms with E-state index < -0.39 is 5.23 Å². The largest absolute Gasteiger partial charge is 0.397 e. The number of benzene rings is 1. The molecule has 0 spiro atoms. The molecule has 0 aliphatic rings. The maximum atomic E-state index is 8.77. The fourth-order valence-electron chi connectivity index (χ4n) is 1.05. The smallest absolute Gasteiger partial charge is 0.199 e. The molecule has 0 bridgehead atoms. The first-order chi connectivity index (χ1) is 6.15. The monoisotopic (exact) mass is 184 g/mol. The van der Waals surface area contributed by atoms with E-state index in [-0.39, 0.29) is 0 Å². The summed E-state index contributed by atoms with van der Waals surface area (Å²) < 4.78 is 0. The predicted octanol–water partition coefficient (Wildman–Crippen LogP) is -0.00460. The first kappa shape index (κ1) is 9.79. The molecule has 1 rings (SSSR count). The number of quaternary nitrogens is 1. The fourth-order valence-corrected chi connectivity index (χ4v) is 1.05. The van der Waals surface area contributed by atoms with Crippen LogP contribution in [0, 0.1) is 0 Å². The van der Waals surface area contributed by atoms with E-state index in [1.54, 1.807) is 12.1 Å². The van der Waals surface area contributed by atoms with E-state index in [1.807, 2.05) is 6.92 Å². The Bertz CT molecular complexity index is 289. The Kier molecular flexibility index (Phi) is 3.07. The van der Waals surface area contributed by atoms with Gasteiger partial charge >= 0.3 is 0 Å². The molecule has 0 radical (unpaired) electrons. The number of rotatable bonds is 3. The number of nitrogen functional groups attached to an aromatic ring is 1. The molecule has 0 atom stereocenters. The molecule has 6 N–H and O–H groups in total. The number of hydrogen-bond acceptors (Lipinski definition) is 4. The molecule has 0 aromatic heterocycles. The number of anilines is 2. The molecule has 0 heterocycles. The second kappa shape index (κ2) is 4.08. The molecule has 1 aromatic rings. The lowest BCUT2D eigenvalue weighted by Gasteiger charge is -2.08. The van der Waals surface area contributed by atoms with Crippen molar-refractivity contribution in [3.63, 3.8) is 0 Å². The topological polar surface area (TPSA) is 83.0 Å². The predicted molar refractivity (Wildman–Crippen MR) is 49.2 cm³/mol. The van der Waals surface area contributed by atoms with E-state index in [0.29, 0.717) is 11.4 Å². The lowest BCUT2D eigenvalue weighted by molar-refractivity contribution is -1.19. The Morgan fingerprint density at radius 3 is 2.62 bits per heavy atom. The van der Waals surface area contributed by atoms with Crippen LogP contribution in [0.1, 0.15) is 6.92 Å². The summed E-state index contributed by atoms with van der Waals surface area (Å²) in [6, 6.07) is 4.80. The molecule has 13 heavy (non-hydrogen) atoms. The van der Waals surface area contributed by atoms with Gasteiger partial charge in [0.15, 0.2) is 5.69 Å². The van der Waals surface area contributed by atoms with Crippen molar-refractivity contribution in [1.82, 2.24) is 0 Å². The van der Waals surface area contributed by atoms with Crippen LogP contribution in [-0.2, 0) is 0 Å². The van der Waals surface area contributed by atoms with Crippen LogP contribution < -0.4 is 16.3 Å². The van der Waals surface area contributed by atoms with Crippen LogP contribution in [0.4, 0.5) is 17.1 Å². The summed E-state index contributed by atoms with van der Waals surface area (Å²) in [6.07, 6.45) is 0. The van der Waals surface area contributed by atoms with E-state index in [1.165, 1.54) is 6.07 Å². The molecule has 0 aliphatic heterocycles. The molecule has 72 valence electrons. The van der Waals surface area contributed by atoms with E-state index in [2.05, 4.69) is 5.32 Å². The molecular formula is C8H14N3O2+. The van der Waals surface area contributed by atoms with E-state index in [4.69, 9.17) is 16.1 Å². The van der Waals surface area contributed by atoms with Crippen molar-refractivity contribution in [2.24, 2.45) is 0 Å². The molecule has 0 unspecified atom stereocenters. The standard InChI is InChI=1S/C8H13N3O2/c1-2-10-8-4-3-6(11(12)13)5-7(8)9/h3-5,10,12-13H,2,9H2,1H3/p+1. The van der Waals surface area contributed by atoms with Crippen molar-refractivity contribution in [3.8, 4) is 0 Å². The minimum Gasteiger partial charge on any atom is -0.397 e. The van der Waals surface area contributed by atoms with Crippen LogP contribution in [0.5, 0.6) is 0 Å². The zero-order valence-electron chi connectivity index (χ0n) is 7.41. The molecule has 0 fully saturated rings. The van der Waals surface area contributed by atoms with Gasteiger partial charge in [-0.2, -0.15) is 10.4 Å². The van der Waals surface area contributed by atoms with E-state index in [9.17, 15) is 0 Å². The Labute approximate surface area is 76.3 Å². The second-order valence-electron chi connectivity index (χ2n) is 2.66. The van der Waals surface area contributed by atoms with E-state index >= 15 is 0 Å². The molecular weight excluding hydrogens is 170 g/mol. The van der Waals surface area contributed by atoms with Gasteiger partial charge in [-0.3, -0.25) is 0 Å². The lowest BCUT2D eigenvalue weighted by Crippen LogP contribution is -3.01. The van der Waals surface area contributed by atoms with Gasteiger partial charge in [0.1, 0.15) is 0 Å². The van der Waals surface area contributed by atoms with Gasteiger partial charge in [-0.15, -0.1) is 0 Å². The van der Waals surface area contributed by atoms with Crippen LogP contribution in [-0.4, -0.2) is 17.0 Å². The SMILES string of the molecule is CCNc1ccc([NH+](O)O)cc1N. The van der Waals surface area contributed by atoms with Crippen molar-refractivity contribution >= 4 is 17.1 Å². The first-order valence-corrected chi connectivity index (χ1v) is 4.03. The maximum Gasteiger partial charge on any atom is 0.199 e. The van der Waals surface area contributed by atoms with Crippen molar-refractivity contribution in [1.29, 1.82) is 0 Å². The lowest BCUT2D eigenvalue weighted by atomic mass is 10.2. The van der Waals surface area contributed by atoms with Gasteiger partial charge in [0.25, 0.3) is 0 Å². The number of nitrogens with two attached hydrogens (primary N) is 1. The van der Waals surface area contributed by atoms with Crippen LogP contribution >= 0.6 is 0 Å². The minimum atomic E-state index is -0.713. The summed E-state index contributed by atoms with van der Waals surface area (Å²) in [5.74, 6) is 0. The van der Waals surface area contributed by atoms with Gasteiger partial charge in [-0.25, -0.2) is 0 Å². The Morgan fingerprint density at radius 1 is 1.46 bits per heavy atom. The van der Waals surface area contributed by atoms with Gasteiger partial charge in [-0.1, -0.05) is 0 Å². The van der Waals surface area contributed by atoms with Crippen molar-refractivity contribution in [2.45, 2.75) is 6.92 Å². The average Bonchev–Trinajstić information content (AvgIpc) is 2.08. The number of hydrogen-bond donors (Lipinski definition) is 5. The number of nitrogens with one attached hydrogen (secondary N) is 2. The fraction of sp³-hybridized carbons (Fsp3) is 0.250. The second-order valence-corrected chi connectivity index (χ2v) is 2.66. The Balaban J connectivity index is 2.92. The summed E-state index contributed by atoms with van der Waals surface area (Å²) in [7, 11) is 0. The zero-order valence-corrected chi connectivity index (χ0v) is 7.41. The third kappa shape index (κ3) is 2.32. The molecule has 0 aliphatic carbocycles. The highest BCUT2D eigenvalue weighted by Crippen LogP contribution is 2.20. The average molecular weight is 184 g/mol. The quantitative estimate of drug-likeness (QED) is 0.338. The van der Waals surface area contributed by atoms with Crippen LogP contribution in [0.2, 0.25) is 0 Å². The molecule has 0 amide bonds. The van der Waals surface area contributed by atoms with Gasteiger partial charge in [0, 0.05) is 18.7 Å². The third-order valence-electron chi connectivity index (χ3n) is 1.68. The summed E-state index contributed by atoms with van der Waals surface area (Å²) in [5.41, 5.74) is 7.26. The molecule has 0 saturated heterocycles. The Hall–Kier alpha value is -1.30. The normalized spacial score (nSPS) is 10.5. The third-order valence-corrected chi connectivity index (χ3v) is 1.68. The maximum absolute atomic E-state index is 8.77.